The number of benzene rings is 1. The molecular weight excluding hydrogens is 309 g/mol. The summed E-state index contributed by atoms with van der Waals surface area (Å²) >= 11 is 0. The predicted molar refractivity (Wildman–Crippen MR) is 89.1 cm³/mol. The average molecular weight is 333 g/mol. The third-order valence-electron chi connectivity index (χ3n) is 4.80. The van der Waals surface area contributed by atoms with Crippen LogP contribution in [0.5, 0.6) is 0 Å². The quantitative estimate of drug-likeness (QED) is 0.892. The highest BCUT2D eigenvalue weighted by Gasteiger charge is 2.31. The molecule has 24 heavy (non-hydrogen) atoms. The minimum atomic E-state index is -0.354. The number of nitrogens with zero attached hydrogens (tertiary/aromatic N) is 2. The number of carbonyl (C=O) groups excluding carboxylic acids is 2. The Kier molecular flexibility index (Phi) is 5.45. The van der Waals surface area contributed by atoms with Crippen molar-refractivity contribution in [2.45, 2.75) is 19.3 Å². The summed E-state index contributed by atoms with van der Waals surface area (Å²) < 4.78 is 13.0. The summed E-state index contributed by atoms with van der Waals surface area (Å²) in [4.78, 5) is 29.0. The highest BCUT2D eigenvalue weighted by Crippen LogP contribution is 2.21. The van der Waals surface area contributed by atoms with Gasteiger partial charge in [-0.2, -0.15) is 0 Å². The first kappa shape index (κ1) is 16.9. The largest absolute Gasteiger partial charge is 0.341 e. The Labute approximate surface area is 141 Å². The number of halogens is 1. The van der Waals surface area contributed by atoms with E-state index in [1.54, 1.807) is 4.90 Å². The SMILES string of the molecule is O=C(c1ccc(F)cc1)N1CCCC(C(=O)N2CCCNCC2)C1. The fourth-order valence-corrected chi connectivity index (χ4v) is 3.46. The molecule has 2 fully saturated rings. The molecule has 1 unspecified atom stereocenters. The number of hydrogen-bond acceptors (Lipinski definition) is 3. The molecule has 0 aromatic heterocycles. The molecule has 1 aromatic rings. The van der Waals surface area contributed by atoms with Crippen molar-refractivity contribution in [2.24, 2.45) is 5.92 Å². The molecular formula is C18H24FN3O2. The zero-order valence-electron chi connectivity index (χ0n) is 13.8. The molecule has 1 atom stereocenters. The lowest BCUT2D eigenvalue weighted by atomic mass is 9.95. The van der Waals surface area contributed by atoms with Crippen molar-refractivity contribution in [3.63, 3.8) is 0 Å². The van der Waals surface area contributed by atoms with Crippen molar-refractivity contribution in [1.29, 1.82) is 0 Å². The van der Waals surface area contributed by atoms with Crippen LogP contribution in [0.25, 0.3) is 0 Å². The minimum Gasteiger partial charge on any atom is -0.341 e. The van der Waals surface area contributed by atoms with E-state index in [1.165, 1.54) is 24.3 Å². The second kappa shape index (κ2) is 7.75. The summed E-state index contributed by atoms with van der Waals surface area (Å²) in [5, 5.41) is 3.30. The maximum Gasteiger partial charge on any atom is 0.253 e. The molecule has 2 amide bonds. The molecule has 0 aliphatic carbocycles. The third-order valence-corrected chi connectivity index (χ3v) is 4.80. The van der Waals surface area contributed by atoms with Crippen LogP contribution in [-0.2, 0) is 4.79 Å². The van der Waals surface area contributed by atoms with Gasteiger partial charge >= 0.3 is 0 Å². The Morgan fingerprint density at radius 3 is 2.54 bits per heavy atom. The molecule has 3 rings (SSSR count). The number of carbonyl (C=O) groups is 2. The van der Waals surface area contributed by atoms with Crippen LogP contribution in [0.4, 0.5) is 4.39 Å². The first-order valence-corrected chi connectivity index (χ1v) is 8.69. The Balaban J connectivity index is 1.64. The van der Waals surface area contributed by atoms with E-state index in [-0.39, 0.29) is 23.5 Å². The van der Waals surface area contributed by atoms with Gasteiger partial charge < -0.3 is 15.1 Å². The summed E-state index contributed by atoms with van der Waals surface area (Å²) in [6.07, 6.45) is 2.63. The molecule has 130 valence electrons. The molecule has 0 saturated carbocycles. The molecule has 1 aromatic carbocycles. The van der Waals surface area contributed by atoms with Gasteiger partial charge in [-0.3, -0.25) is 9.59 Å². The van der Waals surface area contributed by atoms with E-state index in [0.29, 0.717) is 18.7 Å². The van der Waals surface area contributed by atoms with E-state index in [0.717, 1.165) is 45.4 Å². The van der Waals surface area contributed by atoms with E-state index < -0.39 is 0 Å². The molecule has 0 bridgehead atoms. The Morgan fingerprint density at radius 2 is 1.75 bits per heavy atom. The molecule has 2 heterocycles. The molecule has 0 radical (unpaired) electrons. The Hall–Kier alpha value is -1.95. The number of hydrogen-bond donors (Lipinski definition) is 1. The van der Waals surface area contributed by atoms with Crippen LogP contribution >= 0.6 is 0 Å². The van der Waals surface area contributed by atoms with Gasteiger partial charge in [0.1, 0.15) is 5.82 Å². The van der Waals surface area contributed by atoms with Gasteiger partial charge in [0, 0.05) is 38.3 Å². The number of piperidine rings is 1. The first-order valence-electron chi connectivity index (χ1n) is 8.69. The minimum absolute atomic E-state index is 0.120. The van der Waals surface area contributed by atoms with Crippen molar-refractivity contribution >= 4 is 11.8 Å². The van der Waals surface area contributed by atoms with Gasteiger partial charge in [0.2, 0.25) is 5.91 Å². The molecule has 6 heteroatoms. The highest BCUT2D eigenvalue weighted by atomic mass is 19.1. The highest BCUT2D eigenvalue weighted by molar-refractivity contribution is 5.94. The summed E-state index contributed by atoms with van der Waals surface area (Å²) in [5.74, 6) is -0.436. The average Bonchev–Trinajstić information content (AvgIpc) is 2.90. The van der Waals surface area contributed by atoms with Crippen molar-refractivity contribution in [2.75, 3.05) is 39.3 Å². The lowest BCUT2D eigenvalue weighted by Crippen LogP contribution is -2.47. The molecule has 5 nitrogen and oxygen atoms in total. The zero-order valence-corrected chi connectivity index (χ0v) is 13.8. The molecule has 0 spiro atoms. The molecule has 2 aliphatic rings. The lowest BCUT2D eigenvalue weighted by molar-refractivity contribution is -0.136. The summed E-state index contributed by atoms with van der Waals surface area (Å²) in [7, 11) is 0. The van der Waals surface area contributed by atoms with Gasteiger partial charge in [-0.25, -0.2) is 4.39 Å². The van der Waals surface area contributed by atoms with E-state index >= 15 is 0 Å². The number of nitrogens with one attached hydrogen (secondary N) is 1. The molecule has 1 N–H and O–H groups in total. The number of rotatable bonds is 2. The normalized spacial score (nSPS) is 22.1. The summed E-state index contributed by atoms with van der Waals surface area (Å²) in [5.41, 5.74) is 0.475. The van der Waals surface area contributed by atoms with Crippen molar-refractivity contribution < 1.29 is 14.0 Å². The monoisotopic (exact) mass is 333 g/mol. The van der Waals surface area contributed by atoms with Crippen LogP contribution in [0.1, 0.15) is 29.6 Å². The first-order chi connectivity index (χ1) is 11.6. The fourth-order valence-electron chi connectivity index (χ4n) is 3.46. The van der Waals surface area contributed by atoms with Crippen LogP contribution in [0.2, 0.25) is 0 Å². The van der Waals surface area contributed by atoms with Gasteiger partial charge in [0.25, 0.3) is 5.91 Å². The van der Waals surface area contributed by atoms with Crippen LogP contribution < -0.4 is 5.32 Å². The summed E-state index contributed by atoms with van der Waals surface area (Å²) in [6, 6.07) is 5.60. The van der Waals surface area contributed by atoms with E-state index in [9.17, 15) is 14.0 Å². The van der Waals surface area contributed by atoms with E-state index in [1.807, 2.05) is 4.90 Å². The number of amides is 2. The standard InChI is InChI=1S/C18H24FN3O2/c19-16-6-4-14(5-7-16)17(23)22-10-1-3-15(13-22)18(24)21-11-2-8-20-9-12-21/h4-7,15,20H,1-3,8-13H2. The maximum absolute atomic E-state index is 13.0. The van der Waals surface area contributed by atoms with Crippen LogP contribution in [0.15, 0.2) is 24.3 Å². The Morgan fingerprint density at radius 1 is 1.00 bits per heavy atom. The predicted octanol–water partition coefficient (Wildman–Crippen LogP) is 1.50. The van der Waals surface area contributed by atoms with Crippen LogP contribution in [0, 0.1) is 11.7 Å². The van der Waals surface area contributed by atoms with Gasteiger partial charge in [-0.05, 0) is 50.1 Å². The zero-order chi connectivity index (χ0) is 16.9. The van der Waals surface area contributed by atoms with Gasteiger partial charge in [0.05, 0.1) is 5.92 Å². The van der Waals surface area contributed by atoms with Crippen LogP contribution in [-0.4, -0.2) is 60.9 Å². The van der Waals surface area contributed by atoms with Gasteiger partial charge in [0.15, 0.2) is 0 Å². The topological polar surface area (TPSA) is 52.7 Å². The van der Waals surface area contributed by atoms with E-state index in [4.69, 9.17) is 0 Å². The summed E-state index contributed by atoms with van der Waals surface area (Å²) in [6.45, 7) is 4.41. The lowest BCUT2D eigenvalue weighted by Gasteiger charge is -2.34. The Bertz CT molecular complexity index is 582. The maximum atomic E-state index is 13.0. The van der Waals surface area contributed by atoms with E-state index in [2.05, 4.69) is 5.32 Å². The van der Waals surface area contributed by atoms with Gasteiger partial charge in [-0.15, -0.1) is 0 Å². The van der Waals surface area contributed by atoms with Crippen molar-refractivity contribution in [3.05, 3.63) is 35.6 Å². The smallest absolute Gasteiger partial charge is 0.253 e. The van der Waals surface area contributed by atoms with Crippen LogP contribution in [0.3, 0.4) is 0 Å². The van der Waals surface area contributed by atoms with Gasteiger partial charge in [-0.1, -0.05) is 0 Å². The van der Waals surface area contributed by atoms with Crippen molar-refractivity contribution in [3.8, 4) is 0 Å². The number of likely N-dealkylation sites (tertiary alicyclic amines) is 1. The second-order valence-electron chi connectivity index (χ2n) is 6.53. The fraction of sp³-hybridized carbons (Fsp3) is 0.556. The second-order valence-corrected chi connectivity index (χ2v) is 6.53. The van der Waals surface area contributed by atoms with Crippen molar-refractivity contribution in [1.82, 2.24) is 15.1 Å². The molecule has 2 saturated heterocycles. The molecule has 2 aliphatic heterocycles. The third kappa shape index (κ3) is 3.93.